The number of nitrogens with zero attached hydrogens (tertiary/aromatic N) is 2. The van der Waals surface area contributed by atoms with Crippen LogP contribution in [0.15, 0.2) is 66.7 Å². The number of rotatable bonds is 6. The van der Waals surface area contributed by atoms with E-state index in [9.17, 15) is 28.9 Å². The topological polar surface area (TPSA) is 110 Å². The number of carbonyl (C=O) groups excluding carboxylic acids is 3. The Kier molecular flexibility index (Phi) is 5.70. The Morgan fingerprint density at radius 2 is 1.64 bits per heavy atom. The van der Waals surface area contributed by atoms with Gasteiger partial charge in [-0.25, -0.2) is 4.39 Å². The highest BCUT2D eigenvalue weighted by atomic mass is 19.1. The molecule has 8 nitrogen and oxygen atoms in total. The van der Waals surface area contributed by atoms with Crippen LogP contribution in [0.4, 0.5) is 15.8 Å². The summed E-state index contributed by atoms with van der Waals surface area (Å²) in [7, 11) is 0. The highest BCUT2D eigenvalue weighted by Gasteiger charge is 2.42. The van der Waals surface area contributed by atoms with E-state index in [1.165, 1.54) is 48.5 Å². The lowest BCUT2D eigenvalue weighted by atomic mass is 10.0. The monoisotopic (exact) mass is 447 g/mol. The van der Waals surface area contributed by atoms with Gasteiger partial charge in [0, 0.05) is 24.2 Å². The molecule has 1 aliphatic heterocycles. The lowest BCUT2D eigenvalue weighted by Gasteiger charge is -2.26. The molecule has 3 aromatic rings. The fourth-order valence-corrected chi connectivity index (χ4v) is 3.71. The van der Waals surface area contributed by atoms with Gasteiger partial charge in [-0.2, -0.15) is 0 Å². The molecule has 4 rings (SSSR count). The van der Waals surface area contributed by atoms with Gasteiger partial charge in [0.1, 0.15) is 11.9 Å². The number of amides is 3. The van der Waals surface area contributed by atoms with Crippen molar-refractivity contribution in [2.24, 2.45) is 0 Å². The molecule has 166 valence electrons. The van der Waals surface area contributed by atoms with Crippen molar-refractivity contribution in [2.75, 3.05) is 5.32 Å². The van der Waals surface area contributed by atoms with Crippen molar-refractivity contribution in [3.63, 3.8) is 0 Å². The van der Waals surface area contributed by atoms with E-state index < -0.39 is 34.5 Å². The van der Waals surface area contributed by atoms with Crippen molar-refractivity contribution in [3.05, 3.63) is 105 Å². The molecule has 9 heteroatoms. The zero-order valence-corrected chi connectivity index (χ0v) is 17.4. The van der Waals surface area contributed by atoms with Gasteiger partial charge in [0.15, 0.2) is 0 Å². The van der Waals surface area contributed by atoms with Gasteiger partial charge in [-0.3, -0.25) is 29.4 Å². The summed E-state index contributed by atoms with van der Waals surface area (Å²) in [6, 6.07) is 14.4. The number of nitro benzene ring substituents is 1. The van der Waals surface area contributed by atoms with Crippen molar-refractivity contribution >= 4 is 29.1 Å². The molecule has 33 heavy (non-hydrogen) atoms. The number of fused-ring (bicyclic) bond motifs is 1. The second-order valence-electron chi connectivity index (χ2n) is 7.62. The molecular formula is C24H18FN3O5. The first-order chi connectivity index (χ1) is 15.8. The minimum absolute atomic E-state index is 0.0797. The molecule has 0 saturated carbocycles. The summed E-state index contributed by atoms with van der Waals surface area (Å²) >= 11 is 0. The molecule has 0 saturated heterocycles. The molecule has 1 N–H and O–H groups in total. The van der Waals surface area contributed by atoms with Crippen LogP contribution in [0.5, 0.6) is 0 Å². The Bertz CT molecular complexity index is 1250. The number of imide groups is 1. The summed E-state index contributed by atoms with van der Waals surface area (Å²) < 4.78 is 13.7. The van der Waals surface area contributed by atoms with E-state index in [4.69, 9.17) is 0 Å². The first-order valence-electron chi connectivity index (χ1n) is 10.0. The predicted molar refractivity (Wildman–Crippen MR) is 117 cm³/mol. The number of benzene rings is 3. The number of hydrogen-bond donors (Lipinski definition) is 1. The van der Waals surface area contributed by atoms with Crippen LogP contribution in [0.1, 0.15) is 31.8 Å². The summed E-state index contributed by atoms with van der Waals surface area (Å²) in [5.41, 5.74) is 1.56. The van der Waals surface area contributed by atoms with E-state index in [1.54, 1.807) is 19.1 Å². The average Bonchev–Trinajstić information content (AvgIpc) is 3.05. The maximum atomic E-state index is 13.7. The van der Waals surface area contributed by atoms with Gasteiger partial charge in [0.05, 0.1) is 16.1 Å². The van der Waals surface area contributed by atoms with Gasteiger partial charge >= 0.3 is 0 Å². The number of halogens is 1. The van der Waals surface area contributed by atoms with Gasteiger partial charge < -0.3 is 5.32 Å². The van der Waals surface area contributed by atoms with Gasteiger partial charge in [0.25, 0.3) is 17.5 Å². The molecule has 3 amide bonds. The number of hydrogen-bond acceptors (Lipinski definition) is 5. The molecule has 0 bridgehead atoms. The number of non-ortho nitro benzene ring substituents is 1. The third-order valence-corrected chi connectivity index (χ3v) is 5.47. The van der Waals surface area contributed by atoms with Crippen molar-refractivity contribution in [1.29, 1.82) is 0 Å². The van der Waals surface area contributed by atoms with Gasteiger partial charge in [-0.05, 0) is 42.3 Å². The fraction of sp³-hybridized carbons (Fsp3) is 0.125. The highest BCUT2D eigenvalue weighted by molar-refractivity contribution is 6.23. The Morgan fingerprint density at radius 1 is 1.03 bits per heavy atom. The van der Waals surface area contributed by atoms with E-state index in [1.807, 2.05) is 0 Å². The van der Waals surface area contributed by atoms with Crippen LogP contribution in [0.2, 0.25) is 0 Å². The molecular weight excluding hydrogens is 429 g/mol. The lowest BCUT2D eigenvalue weighted by molar-refractivity contribution is -0.384. The van der Waals surface area contributed by atoms with Gasteiger partial charge in [0.2, 0.25) is 5.91 Å². The summed E-state index contributed by atoms with van der Waals surface area (Å²) in [6.45, 7) is 1.68. The minimum Gasteiger partial charge on any atom is -0.324 e. The molecule has 0 aliphatic carbocycles. The van der Waals surface area contributed by atoms with E-state index in [-0.39, 0.29) is 28.9 Å². The van der Waals surface area contributed by atoms with Gasteiger partial charge in [-0.1, -0.05) is 30.3 Å². The molecule has 0 unspecified atom stereocenters. The molecule has 0 fully saturated rings. The third kappa shape index (κ3) is 4.20. The second kappa shape index (κ2) is 8.62. The number of anilines is 1. The predicted octanol–water partition coefficient (Wildman–Crippen LogP) is 3.89. The Morgan fingerprint density at radius 3 is 2.21 bits per heavy atom. The van der Waals surface area contributed by atoms with Crippen LogP contribution in [-0.4, -0.2) is 33.6 Å². The molecule has 0 radical (unpaired) electrons. The van der Waals surface area contributed by atoms with Crippen LogP contribution in [0, 0.1) is 22.9 Å². The molecule has 1 atom stereocenters. The van der Waals surface area contributed by atoms with Crippen molar-refractivity contribution in [2.45, 2.75) is 19.4 Å². The lowest BCUT2D eigenvalue weighted by Crippen LogP contribution is -2.48. The number of carbonyl (C=O) groups is 3. The zero-order valence-electron chi connectivity index (χ0n) is 17.4. The molecule has 1 aliphatic rings. The largest absolute Gasteiger partial charge is 0.324 e. The Balaban J connectivity index is 1.70. The SMILES string of the molecule is Cc1ccc(F)cc1NC(=O)[C@@H](Cc1ccc([N+](=O)[O-])cc1)N1C(=O)c2ccccc2C1=O. The summed E-state index contributed by atoms with van der Waals surface area (Å²) in [4.78, 5) is 50.6. The molecule has 0 aromatic heterocycles. The molecule has 3 aromatic carbocycles. The van der Waals surface area contributed by atoms with E-state index in [0.717, 1.165) is 11.0 Å². The minimum atomic E-state index is -1.26. The zero-order chi connectivity index (χ0) is 23.7. The second-order valence-corrected chi connectivity index (χ2v) is 7.62. The Hall–Kier alpha value is -4.40. The normalized spacial score (nSPS) is 13.6. The fourth-order valence-electron chi connectivity index (χ4n) is 3.71. The standard InChI is InChI=1S/C24H18FN3O5/c1-14-6-9-16(25)13-20(14)26-22(29)21(12-15-7-10-17(11-8-15)28(32)33)27-23(30)18-4-2-3-5-19(18)24(27)31/h2-11,13,21H,12H2,1H3,(H,26,29)/t21-/m1/s1. The van der Waals surface area contributed by atoms with E-state index in [0.29, 0.717) is 11.1 Å². The highest BCUT2D eigenvalue weighted by Crippen LogP contribution is 2.27. The average molecular weight is 447 g/mol. The maximum absolute atomic E-state index is 13.7. The third-order valence-electron chi connectivity index (χ3n) is 5.47. The van der Waals surface area contributed by atoms with Crippen LogP contribution >= 0.6 is 0 Å². The van der Waals surface area contributed by atoms with Crippen molar-refractivity contribution < 1.29 is 23.7 Å². The van der Waals surface area contributed by atoms with Crippen LogP contribution in [0.3, 0.4) is 0 Å². The first kappa shape index (κ1) is 21.8. The number of aryl methyl sites for hydroxylation is 1. The summed E-state index contributed by atoms with van der Waals surface area (Å²) in [5.74, 6) is -2.47. The molecule has 1 heterocycles. The number of nitro groups is 1. The van der Waals surface area contributed by atoms with Crippen LogP contribution in [-0.2, 0) is 11.2 Å². The van der Waals surface area contributed by atoms with Crippen LogP contribution in [0.25, 0.3) is 0 Å². The van der Waals surface area contributed by atoms with Crippen molar-refractivity contribution in [3.8, 4) is 0 Å². The smallest absolute Gasteiger partial charge is 0.269 e. The Labute approximate surface area is 187 Å². The molecule has 0 spiro atoms. The quantitative estimate of drug-likeness (QED) is 0.350. The maximum Gasteiger partial charge on any atom is 0.269 e. The van der Waals surface area contributed by atoms with Crippen molar-refractivity contribution in [1.82, 2.24) is 4.90 Å². The van der Waals surface area contributed by atoms with E-state index >= 15 is 0 Å². The summed E-state index contributed by atoms with van der Waals surface area (Å²) in [6.07, 6.45) is -0.0797. The van der Waals surface area contributed by atoms with Gasteiger partial charge in [-0.15, -0.1) is 0 Å². The number of nitrogens with one attached hydrogen (secondary N) is 1. The van der Waals surface area contributed by atoms with Crippen LogP contribution < -0.4 is 5.32 Å². The van der Waals surface area contributed by atoms with E-state index in [2.05, 4.69) is 5.32 Å². The first-order valence-corrected chi connectivity index (χ1v) is 10.0. The summed E-state index contributed by atoms with van der Waals surface area (Å²) in [5, 5.41) is 13.6.